The van der Waals surface area contributed by atoms with Crippen molar-refractivity contribution in [3.8, 4) is 40.2 Å². The third-order valence-electron chi connectivity index (χ3n) is 5.09. The van der Waals surface area contributed by atoms with Gasteiger partial charge in [0.05, 0.1) is 13.2 Å². The summed E-state index contributed by atoms with van der Waals surface area (Å²) in [6, 6.07) is 22.6. The highest BCUT2D eigenvalue weighted by Crippen LogP contribution is 2.29. The smallest absolute Gasteiger partial charge is 0.419 e. The van der Waals surface area contributed by atoms with Crippen LogP contribution in [0.25, 0.3) is 11.3 Å². The maximum absolute atomic E-state index is 11.2. The Labute approximate surface area is 197 Å². The van der Waals surface area contributed by atoms with Gasteiger partial charge < -0.3 is 23.7 Å². The second-order valence-corrected chi connectivity index (χ2v) is 7.70. The molecule has 0 fully saturated rings. The van der Waals surface area contributed by atoms with Crippen molar-refractivity contribution in [3.63, 3.8) is 0 Å². The third kappa shape index (κ3) is 6.01. The minimum absolute atomic E-state index is 0.105. The lowest BCUT2D eigenvalue weighted by Gasteiger charge is -2.14. The van der Waals surface area contributed by atoms with Crippen LogP contribution in [-0.2, 0) is 6.42 Å². The largest absolute Gasteiger partial charge is 0.493 e. The molecule has 1 aromatic heterocycles. The van der Waals surface area contributed by atoms with Gasteiger partial charge in [0, 0.05) is 12.0 Å². The number of aryl methyl sites for hydroxylation is 1. The highest BCUT2D eigenvalue weighted by atomic mass is 16.5. The lowest BCUT2D eigenvalue weighted by Crippen LogP contribution is -2.06. The number of aromatic nitrogens is 1. The van der Waals surface area contributed by atoms with Crippen molar-refractivity contribution < 1.29 is 23.7 Å². The van der Waals surface area contributed by atoms with Crippen LogP contribution in [0, 0.1) is 0 Å². The Morgan fingerprint density at radius 2 is 1.62 bits per heavy atom. The molecule has 34 heavy (non-hydrogen) atoms. The van der Waals surface area contributed by atoms with Crippen LogP contribution in [0.2, 0.25) is 0 Å². The van der Waals surface area contributed by atoms with Crippen molar-refractivity contribution in [3.05, 3.63) is 88.9 Å². The summed E-state index contributed by atoms with van der Waals surface area (Å²) in [5, 5.41) is 9.68. The minimum Gasteiger partial charge on any atom is -0.493 e. The zero-order valence-electron chi connectivity index (χ0n) is 19.0. The number of aromatic amines is 1. The first-order chi connectivity index (χ1) is 16.6. The second kappa shape index (κ2) is 11.1. The van der Waals surface area contributed by atoms with E-state index < -0.39 is 5.76 Å². The Hall–Kier alpha value is -4.13. The van der Waals surface area contributed by atoms with Crippen LogP contribution in [-0.4, -0.2) is 23.3 Å². The molecule has 0 atom stereocenters. The summed E-state index contributed by atoms with van der Waals surface area (Å²) in [7, 11) is 0. The molecule has 2 N–H and O–H groups in total. The van der Waals surface area contributed by atoms with Gasteiger partial charge in [0.15, 0.2) is 5.76 Å². The number of hydrogen-bond acceptors (Lipinski definition) is 6. The van der Waals surface area contributed by atoms with Gasteiger partial charge in [-0.2, -0.15) is 0 Å². The van der Waals surface area contributed by atoms with Crippen molar-refractivity contribution in [2.75, 3.05) is 13.2 Å². The fraction of sp³-hybridized carbons (Fsp3) is 0.222. The maximum Gasteiger partial charge on any atom is 0.419 e. The molecule has 0 aliphatic rings. The van der Waals surface area contributed by atoms with E-state index in [-0.39, 0.29) is 11.6 Å². The van der Waals surface area contributed by atoms with Gasteiger partial charge in [-0.3, -0.25) is 4.98 Å². The zero-order valence-corrected chi connectivity index (χ0v) is 19.0. The average molecular weight is 462 g/mol. The van der Waals surface area contributed by atoms with Crippen LogP contribution in [0.15, 0.2) is 82.0 Å². The molecule has 0 radical (unpaired) electrons. The molecule has 0 aliphatic carbocycles. The summed E-state index contributed by atoms with van der Waals surface area (Å²) < 4.78 is 22.7. The Morgan fingerprint density at radius 3 is 2.32 bits per heavy atom. The molecule has 7 heteroatoms. The van der Waals surface area contributed by atoms with Gasteiger partial charge in [-0.15, -0.1) is 0 Å². The van der Waals surface area contributed by atoms with Crippen LogP contribution >= 0.6 is 0 Å². The topological polar surface area (TPSA) is 93.9 Å². The van der Waals surface area contributed by atoms with Crippen molar-refractivity contribution in [1.29, 1.82) is 0 Å². The fourth-order valence-corrected chi connectivity index (χ4v) is 3.50. The van der Waals surface area contributed by atoms with Gasteiger partial charge >= 0.3 is 5.76 Å². The van der Waals surface area contributed by atoms with E-state index in [2.05, 4.69) is 11.9 Å². The van der Waals surface area contributed by atoms with Crippen LogP contribution in [0.3, 0.4) is 0 Å². The first-order valence-electron chi connectivity index (χ1n) is 11.3. The van der Waals surface area contributed by atoms with E-state index in [1.54, 1.807) is 24.3 Å². The van der Waals surface area contributed by atoms with E-state index in [0.29, 0.717) is 30.9 Å². The molecule has 3 aromatic carbocycles. The van der Waals surface area contributed by atoms with Crippen molar-refractivity contribution in [2.24, 2.45) is 0 Å². The van der Waals surface area contributed by atoms with Gasteiger partial charge in [0.1, 0.15) is 23.0 Å². The monoisotopic (exact) mass is 461 g/mol. The molecule has 0 bridgehead atoms. The Morgan fingerprint density at radius 1 is 0.882 bits per heavy atom. The Balaban J connectivity index is 1.27. The van der Waals surface area contributed by atoms with E-state index in [9.17, 15) is 9.90 Å². The normalized spacial score (nSPS) is 10.7. The Bertz CT molecular complexity index is 1240. The number of rotatable bonds is 11. The zero-order chi connectivity index (χ0) is 23.8. The van der Waals surface area contributed by atoms with Crippen molar-refractivity contribution in [2.45, 2.75) is 26.2 Å². The lowest BCUT2D eigenvalue weighted by molar-refractivity contribution is 0.246. The number of H-pyrrole nitrogens is 1. The first-order valence-corrected chi connectivity index (χ1v) is 11.3. The molecule has 1 heterocycles. The number of aromatic hydroxyl groups is 1. The van der Waals surface area contributed by atoms with E-state index in [1.165, 1.54) is 0 Å². The SMILES string of the molecule is CCCc1cc(Oc2ccccc2)ccc1OCCCOc1ccc(-c2oc(=O)[nH]c2O)cc1. The maximum atomic E-state index is 11.2. The molecule has 176 valence electrons. The summed E-state index contributed by atoms with van der Waals surface area (Å²) in [5.74, 6) is 2.24. The highest BCUT2D eigenvalue weighted by Gasteiger charge is 2.11. The van der Waals surface area contributed by atoms with Crippen LogP contribution in [0.4, 0.5) is 0 Å². The quantitative estimate of drug-likeness (QED) is 0.269. The van der Waals surface area contributed by atoms with E-state index in [1.807, 2.05) is 48.5 Å². The van der Waals surface area contributed by atoms with E-state index in [0.717, 1.165) is 35.7 Å². The van der Waals surface area contributed by atoms with Crippen LogP contribution in [0.5, 0.6) is 28.9 Å². The molecule has 4 aromatic rings. The Kier molecular flexibility index (Phi) is 7.55. The molecule has 0 saturated carbocycles. The molecule has 0 unspecified atom stereocenters. The third-order valence-corrected chi connectivity index (χ3v) is 5.09. The predicted octanol–water partition coefficient (Wildman–Crippen LogP) is 5.93. The molecule has 7 nitrogen and oxygen atoms in total. The molecule has 0 amide bonds. The fourth-order valence-electron chi connectivity index (χ4n) is 3.50. The number of para-hydroxylation sites is 1. The standard InChI is InChI=1S/C27H27NO6/c1-2-7-20-18-23(33-22-8-4-3-5-9-22)14-15-24(20)32-17-6-16-31-21-12-10-19(11-13-21)25-26(29)28-27(30)34-25/h3-5,8-15,18,29H,2,6-7,16-17H2,1H3,(H,28,30). The summed E-state index contributed by atoms with van der Waals surface area (Å²) in [5.41, 5.74) is 1.70. The van der Waals surface area contributed by atoms with Gasteiger partial charge in [-0.1, -0.05) is 31.5 Å². The second-order valence-electron chi connectivity index (χ2n) is 7.70. The summed E-state index contributed by atoms with van der Waals surface area (Å²) in [6.07, 6.45) is 2.62. The summed E-state index contributed by atoms with van der Waals surface area (Å²) in [4.78, 5) is 13.4. The number of ether oxygens (including phenoxy) is 3. The average Bonchev–Trinajstić information content (AvgIpc) is 3.19. The molecule has 0 saturated heterocycles. The minimum atomic E-state index is -0.701. The molecule has 4 rings (SSSR count). The molecular weight excluding hydrogens is 434 g/mol. The van der Waals surface area contributed by atoms with Crippen molar-refractivity contribution in [1.82, 2.24) is 4.98 Å². The predicted molar refractivity (Wildman–Crippen MR) is 129 cm³/mol. The van der Waals surface area contributed by atoms with Gasteiger partial charge in [-0.25, -0.2) is 4.79 Å². The van der Waals surface area contributed by atoms with Gasteiger partial charge in [0.2, 0.25) is 5.88 Å². The van der Waals surface area contributed by atoms with Gasteiger partial charge in [-0.05, 0) is 66.6 Å². The highest BCUT2D eigenvalue weighted by molar-refractivity contribution is 5.62. The number of nitrogens with one attached hydrogen (secondary N) is 1. The molecule has 0 aliphatic heterocycles. The van der Waals surface area contributed by atoms with Crippen molar-refractivity contribution >= 4 is 0 Å². The number of hydrogen-bond donors (Lipinski definition) is 2. The summed E-state index contributed by atoms with van der Waals surface area (Å²) in [6.45, 7) is 3.15. The number of oxazole rings is 1. The lowest BCUT2D eigenvalue weighted by atomic mass is 10.1. The molecular formula is C27H27NO6. The van der Waals surface area contributed by atoms with Crippen LogP contribution < -0.4 is 20.0 Å². The van der Waals surface area contributed by atoms with Crippen LogP contribution in [0.1, 0.15) is 25.3 Å². The number of benzene rings is 3. The molecule has 0 spiro atoms. The first kappa shape index (κ1) is 23.0. The van der Waals surface area contributed by atoms with E-state index >= 15 is 0 Å². The van der Waals surface area contributed by atoms with E-state index in [4.69, 9.17) is 18.6 Å². The van der Waals surface area contributed by atoms with Gasteiger partial charge in [0.25, 0.3) is 0 Å². The summed E-state index contributed by atoms with van der Waals surface area (Å²) >= 11 is 0.